The fraction of sp³-hybridized carbons (Fsp3) is 0.214. The fourth-order valence-corrected chi connectivity index (χ4v) is 2.27. The highest BCUT2D eigenvalue weighted by molar-refractivity contribution is 6.32. The number of ether oxygens (including phenoxy) is 1. The summed E-state index contributed by atoms with van der Waals surface area (Å²) in [6.45, 7) is 3.86. The number of alkyl halides is 1. The van der Waals surface area contributed by atoms with Gasteiger partial charge in [0.1, 0.15) is 5.75 Å². The van der Waals surface area contributed by atoms with Gasteiger partial charge in [-0.1, -0.05) is 23.2 Å². The summed E-state index contributed by atoms with van der Waals surface area (Å²) < 4.78 is 5.71. The van der Waals surface area contributed by atoms with Gasteiger partial charge in [0.05, 0.1) is 5.02 Å². The smallest absolute Gasteiger partial charge is 0.219 e. The first-order valence-corrected chi connectivity index (χ1v) is 6.95. The summed E-state index contributed by atoms with van der Waals surface area (Å²) in [7, 11) is 0. The minimum Gasteiger partial charge on any atom is -0.439 e. The van der Waals surface area contributed by atoms with E-state index in [-0.39, 0.29) is 0 Å². The molecule has 0 spiro atoms. The summed E-state index contributed by atoms with van der Waals surface area (Å²) in [4.78, 5) is 4.12. The number of rotatable bonds is 3. The van der Waals surface area contributed by atoms with Crippen molar-refractivity contribution < 1.29 is 4.74 Å². The van der Waals surface area contributed by atoms with Gasteiger partial charge < -0.3 is 4.74 Å². The molecule has 2 rings (SSSR count). The highest BCUT2D eigenvalue weighted by atomic mass is 35.5. The summed E-state index contributed by atoms with van der Waals surface area (Å²) in [5, 5.41) is 1.28. The largest absolute Gasteiger partial charge is 0.439 e. The van der Waals surface area contributed by atoms with E-state index in [9.17, 15) is 0 Å². The Balaban J connectivity index is 2.31. The summed E-state index contributed by atoms with van der Waals surface area (Å²) in [5.41, 5.74) is 2.71. The van der Waals surface area contributed by atoms with Crippen LogP contribution in [0.3, 0.4) is 0 Å². The van der Waals surface area contributed by atoms with Gasteiger partial charge in [-0.3, -0.25) is 0 Å². The summed E-state index contributed by atoms with van der Waals surface area (Å²) in [6, 6.07) is 5.46. The summed E-state index contributed by atoms with van der Waals surface area (Å²) in [5.74, 6) is 1.46. The number of hydrogen-bond acceptors (Lipinski definition) is 2. The number of nitrogens with zero attached hydrogens (tertiary/aromatic N) is 1. The van der Waals surface area contributed by atoms with E-state index in [4.69, 9.17) is 39.5 Å². The maximum atomic E-state index is 6.11. The molecule has 0 aliphatic heterocycles. The zero-order valence-corrected chi connectivity index (χ0v) is 12.8. The molecule has 1 aromatic heterocycles. The Hall–Kier alpha value is -0.960. The predicted molar refractivity (Wildman–Crippen MR) is 79.8 cm³/mol. The molecule has 0 aliphatic carbocycles. The van der Waals surface area contributed by atoms with Gasteiger partial charge in [-0.05, 0) is 42.7 Å². The first-order chi connectivity index (χ1) is 9.01. The van der Waals surface area contributed by atoms with Crippen LogP contribution in [0.2, 0.25) is 10.0 Å². The molecule has 0 radical (unpaired) electrons. The Kier molecular flexibility index (Phi) is 4.56. The van der Waals surface area contributed by atoms with Crippen LogP contribution < -0.4 is 4.74 Å². The third-order valence-electron chi connectivity index (χ3n) is 2.69. The summed E-state index contributed by atoms with van der Waals surface area (Å²) >= 11 is 17.9. The lowest BCUT2D eigenvalue weighted by Gasteiger charge is -2.10. The number of hydrogen-bond donors (Lipinski definition) is 0. The highest BCUT2D eigenvalue weighted by Crippen LogP contribution is 2.29. The quantitative estimate of drug-likeness (QED) is 0.694. The van der Waals surface area contributed by atoms with Crippen molar-refractivity contribution in [3.8, 4) is 11.6 Å². The van der Waals surface area contributed by atoms with Crippen molar-refractivity contribution in [1.82, 2.24) is 4.98 Å². The molecule has 0 saturated heterocycles. The second-order valence-corrected chi connectivity index (χ2v) is 5.27. The molecule has 0 aliphatic rings. The first-order valence-electron chi connectivity index (χ1n) is 5.66. The van der Waals surface area contributed by atoms with Crippen LogP contribution in [0.1, 0.15) is 16.7 Å². The van der Waals surface area contributed by atoms with Gasteiger partial charge in [0, 0.05) is 23.2 Å². The molecule has 0 fully saturated rings. The number of pyridine rings is 1. The van der Waals surface area contributed by atoms with Crippen LogP contribution in [0.15, 0.2) is 24.4 Å². The molecule has 2 nitrogen and oxygen atoms in total. The molecule has 0 amide bonds. The van der Waals surface area contributed by atoms with Gasteiger partial charge in [-0.25, -0.2) is 4.98 Å². The van der Waals surface area contributed by atoms with Gasteiger partial charge in [-0.15, -0.1) is 11.6 Å². The van der Waals surface area contributed by atoms with Crippen LogP contribution >= 0.6 is 34.8 Å². The Morgan fingerprint density at radius 1 is 1.11 bits per heavy atom. The normalized spacial score (nSPS) is 10.6. The molecule has 0 atom stereocenters. The Bertz CT molecular complexity index is 591. The van der Waals surface area contributed by atoms with Crippen LogP contribution in [-0.4, -0.2) is 4.98 Å². The van der Waals surface area contributed by atoms with Gasteiger partial charge >= 0.3 is 0 Å². The number of aryl methyl sites for hydroxylation is 2. The molecule has 19 heavy (non-hydrogen) atoms. The SMILES string of the molecule is Cc1cc(Oc2cc(CCl)c(Cl)cn2)cc(C)c1Cl. The molecule has 1 heterocycles. The molecule has 0 unspecified atom stereocenters. The van der Waals surface area contributed by atoms with Crippen molar-refractivity contribution in [3.05, 3.63) is 51.1 Å². The number of benzene rings is 1. The van der Waals surface area contributed by atoms with E-state index in [1.807, 2.05) is 26.0 Å². The van der Waals surface area contributed by atoms with Crippen molar-refractivity contribution in [1.29, 1.82) is 0 Å². The Morgan fingerprint density at radius 2 is 1.74 bits per heavy atom. The standard InChI is InChI=1S/C14H12Cl3NO/c1-8-3-11(4-9(2)14(8)17)19-13-5-10(6-15)12(16)7-18-13/h3-5,7H,6H2,1-2H3. The maximum absolute atomic E-state index is 6.11. The van der Waals surface area contributed by atoms with Crippen molar-refractivity contribution in [2.45, 2.75) is 19.7 Å². The Morgan fingerprint density at radius 3 is 2.32 bits per heavy atom. The van der Waals surface area contributed by atoms with Gasteiger partial charge in [0.2, 0.25) is 5.88 Å². The van der Waals surface area contributed by atoms with Crippen molar-refractivity contribution >= 4 is 34.8 Å². The van der Waals surface area contributed by atoms with Gasteiger partial charge in [-0.2, -0.15) is 0 Å². The summed E-state index contributed by atoms with van der Waals surface area (Å²) in [6.07, 6.45) is 1.53. The van der Waals surface area contributed by atoms with E-state index in [1.54, 1.807) is 6.07 Å². The molecular weight excluding hydrogens is 305 g/mol. The monoisotopic (exact) mass is 315 g/mol. The average molecular weight is 317 g/mol. The van der Waals surface area contributed by atoms with Crippen LogP contribution in [0.4, 0.5) is 0 Å². The molecular formula is C14H12Cl3NO. The zero-order chi connectivity index (χ0) is 14.0. The second-order valence-electron chi connectivity index (χ2n) is 4.22. The van der Waals surface area contributed by atoms with Crippen LogP contribution in [0.5, 0.6) is 11.6 Å². The highest BCUT2D eigenvalue weighted by Gasteiger charge is 2.07. The van der Waals surface area contributed by atoms with E-state index in [1.165, 1.54) is 6.20 Å². The minimum atomic E-state index is 0.316. The minimum absolute atomic E-state index is 0.316. The average Bonchev–Trinajstić information content (AvgIpc) is 2.38. The lowest BCUT2D eigenvalue weighted by atomic mass is 10.1. The zero-order valence-electron chi connectivity index (χ0n) is 10.5. The van der Waals surface area contributed by atoms with Gasteiger partial charge in [0.15, 0.2) is 0 Å². The molecule has 1 aromatic carbocycles. The third kappa shape index (κ3) is 3.33. The van der Waals surface area contributed by atoms with E-state index in [2.05, 4.69) is 4.98 Å². The number of halogens is 3. The van der Waals surface area contributed by atoms with E-state index in [0.29, 0.717) is 22.5 Å². The fourth-order valence-electron chi connectivity index (χ4n) is 1.70. The predicted octanol–water partition coefficient (Wildman–Crippen LogP) is 5.54. The topological polar surface area (TPSA) is 22.1 Å². The van der Waals surface area contributed by atoms with Crippen LogP contribution in [0, 0.1) is 13.8 Å². The molecule has 100 valence electrons. The molecule has 0 bridgehead atoms. The van der Waals surface area contributed by atoms with Crippen LogP contribution in [0.25, 0.3) is 0 Å². The van der Waals surface area contributed by atoms with Gasteiger partial charge in [0.25, 0.3) is 0 Å². The van der Waals surface area contributed by atoms with Crippen molar-refractivity contribution in [2.75, 3.05) is 0 Å². The van der Waals surface area contributed by atoms with E-state index in [0.717, 1.165) is 21.7 Å². The van der Waals surface area contributed by atoms with Crippen LogP contribution in [-0.2, 0) is 5.88 Å². The third-order valence-corrected chi connectivity index (χ3v) is 3.91. The first kappa shape index (κ1) is 14.4. The molecule has 0 N–H and O–H groups in total. The van der Waals surface area contributed by atoms with Crippen molar-refractivity contribution in [3.63, 3.8) is 0 Å². The molecule has 0 saturated carbocycles. The lowest BCUT2D eigenvalue weighted by molar-refractivity contribution is 0.461. The molecule has 2 aromatic rings. The number of aromatic nitrogens is 1. The van der Waals surface area contributed by atoms with E-state index < -0.39 is 0 Å². The van der Waals surface area contributed by atoms with Crippen molar-refractivity contribution in [2.24, 2.45) is 0 Å². The maximum Gasteiger partial charge on any atom is 0.219 e. The molecule has 5 heteroatoms. The Labute approximate surface area is 127 Å². The lowest BCUT2D eigenvalue weighted by Crippen LogP contribution is -1.92. The second kappa shape index (κ2) is 6.00. The van der Waals surface area contributed by atoms with E-state index >= 15 is 0 Å².